The Balaban J connectivity index is 2.11. The molecule has 0 aliphatic rings. The first-order valence-corrected chi connectivity index (χ1v) is 7.78. The topological polar surface area (TPSA) is 37.8 Å². The molecule has 108 valence electrons. The number of halogens is 4. The number of anilines is 2. The lowest BCUT2D eigenvalue weighted by Crippen LogP contribution is -1.99. The van der Waals surface area contributed by atoms with Crippen LogP contribution in [0.1, 0.15) is 4.88 Å². The minimum absolute atomic E-state index is 0.0179. The summed E-state index contributed by atoms with van der Waals surface area (Å²) in [4.78, 5) is 9.87. The summed E-state index contributed by atoms with van der Waals surface area (Å²) >= 11 is 10.2. The van der Waals surface area contributed by atoms with Gasteiger partial charge in [-0.05, 0) is 46.6 Å². The minimum atomic E-state index is -0.599. The molecule has 0 atom stereocenters. The van der Waals surface area contributed by atoms with Crippen LogP contribution in [0, 0.1) is 18.6 Å². The third-order valence-electron chi connectivity index (χ3n) is 2.75. The summed E-state index contributed by atoms with van der Waals surface area (Å²) in [5, 5.41) is 3.53. The van der Waals surface area contributed by atoms with Crippen LogP contribution in [0.4, 0.5) is 20.3 Å². The van der Waals surface area contributed by atoms with Crippen molar-refractivity contribution < 1.29 is 8.78 Å². The Kier molecular flexibility index (Phi) is 3.81. The molecule has 0 saturated heterocycles. The molecule has 2 heterocycles. The molecule has 0 bridgehead atoms. The second kappa shape index (κ2) is 5.47. The summed E-state index contributed by atoms with van der Waals surface area (Å²) in [5.74, 6) is -0.829. The minimum Gasteiger partial charge on any atom is -0.337 e. The maximum Gasteiger partial charge on any atom is 0.225 e. The van der Waals surface area contributed by atoms with Gasteiger partial charge in [0.05, 0.1) is 15.5 Å². The molecule has 1 aromatic carbocycles. The van der Waals surface area contributed by atoms with Gasteiger partial charge >= 0.3 is 0 Å². The molecule has 0 aliphatic carbocycles. The summed E-state index contributed by atoms with van der Waals surface area (Å²) < 4.78 is 27.5. The first-order chi connectivity index (χ1) is 9.94. The summed E-state index contributed by atoms with van der Waals surface area (Å²) in [6, 6.07) is 3.97. The van der Waals surface area contributed by atoms with Crippen molar-refractivity contribution in [3.05, 3.63) is 44.5 Å². The van der Waals surface area contributed by atoms with Crippen molar-refractivity contribution >= 4 is 60.6 Å². The van der Waals surface area contributed by atoms with Gasteiger partial charge in [0, 0.05) is 10.9 Å². The lowest BCUT2D eigenvalue weighted by atomic mass is 10.2. The highest BCUT2D eigenvalue weighted by Gasteiger charge is 2.13. The molecule has 2 aromatic heterocycles. The normalized spacial score (nSPS) is 11.1. The fraction of sp³-hybridized carbons (Fsp3) is 0.0769. The zero-order chi connectivity index (χ0) is 15.1. The Morgan fingerprint density at radius 1 is 1.19 bits per heavy atom. The predicted molar refractivity (Wildman–Crippen MR) is 84.5 cm³/mol. The van der Waals surface area contributed by atoms with Crippen LogP contribution < -0.4 is 5.32 Å². The molecule has 3 nitrogen and oxygen atoms in total. The van der Waals surface area contributed by atoms with E-state index in [9.17, 15) is 8.78 Å². The highest BCUT2D eigenvalue weighted by atomic mass is 79.9. The van der Waals surface area contributed by atoms with E-state index in [0.29, 0.717) is 16.0 Å². The van der Waals surface area contributed by atoms with Gasteiger partial charge in [0.15, 0.2) is 0 Å². The maximum atomic E-state index is 13.9. The van der Waals surface area contributed by atoms with Gasteiger partial charge in [-0.1, -0.05) is 0 Å². The van der Waals surface area contributed by atoms with Gasteiger partial charge in [0.25, 0.3) is 0 Å². The number of hydrogen-bond acceptors (Lipinski definition) is 4. The molecule has 0 fully saturated rings. The van der Waals surface area contributed by atoms with E-state index in [1.165, 1.54) is 11.3 Å². The van der Waals surface area contributed by atoms with Gasteiger partial charge in [-0.15, -0.1) is 11.3 Å². The Hall–Kier alpha value is -1.31. The van der Waals surface area contributed by atoms with Crippen LogP contribution in [0.2, 0.25) is 5.28 Å². The zero-order valence-corrected chi connectivity index (χ0v) is 13.7. The molecule has 0 unspecified atom stereocenters. The summed E-state index contributed by atoms with van der Waals surface area (Å²) in [5.41, 5.74) is -0.0179. The molecule has 0 spiro atoms. The maximum absolute atomic E-state index is 13.9. The van der Waals surface area contributed by atoms with Crippen LogP contribution in [0.5, 0.6) is 0 Å². The van der Waals surface area contributed by atoms with Gasteiger partial charge < -0.3 is 5.32 Å². The first kappa shape index (κ1) is 14.6. The molecule has 3 rings (SSSR count). The number of fused-ring (bicyclic) bond motifs is 1. The van der Waals surface area contributed by atoms with Crippen LogP contribution in [-0.2, 0) is 0 Å². The van der Waals surface area contributed by atoms with E-state index in [4.69, 9.17) is 11.6 Å². The Morgan fingerprint density at radius 3 is 2.71 bits per heavy atom. The van der Waals surface area contributed by atoms with E-state index >= 15 is 0 Å². The highest BCUT2D eigenvalue weighted by molar-refractivity contribution is 9.10. The van der Waals surface area contributed by atoms with Crippen LogP contribution in [0.25, 0.3) is 10.2 Å². The van der Waals surface area contributed by atoms with Crippen molar-refractivity contribution in [3.8, 4) is 0 Å². The van der Waals surface area contributed by atoms with E-state index < -0.39 is 11.6 Å². The molecule has 0 saturated carbocycles. The molecule has 3 aromatic rings. The average molecular weight is 391 g/mol. The van der Waals surface area contributed by atoms with Gasteiger partial charge in [-0.2, -0.15) is 4.98 Å². The lowest BCUT2D eigenvalue weighted by molar-refractivity contribution is 0.598. The molecule has 8 heteroatoms. The fourth-order valence-corrected chi connectivity index (χ4v) is 3.27. The van der Waals surface area contributed by atoms with Crippen molar-refractivity contribution in [1.82, 2.24) is 9.97 Å². The summed E-state index contributed by atoms with van der Waals surface area (Å²) in [7, 11) is 0. The van der Waals surface area contributed by atoms with Crippen LogP contribution in [-0.4, -0.2) is 9.97 Å². The molecule has 21 heavy (non-hydrogen) atoms. The number of aryl methyl sites for hydroxylation is 1. The quantitative estimate of drug-likeness (QED) is 0.468. The number of benzene rings is 1. The molecule has 0 aliphatic heterocycles. The van der Waals surface area contributed by atoms with Crippen molar-refractivity contribution in [1.29, 1.82) is 0 Å². The van der Waals surface area contributed by atoms with Gasteiger partial charge in [0.2, 0.25) is 5.28 Å². The zero-order valence-electron chi connectivity index (χ0n) is 10.5. The smallest absolute Gasteiger partial charge is 0.225 e. The molecule has 1 N–H and O–H groups in total. The van der Waals surface area contributed by atoms with Crippen LogP contribution in [0.3, 0.4) is 0 Å². The summed E-state index contributed by atoms with van der Waals surface area (Å²) in [6.45, 7) is 1.92. The van der Waals surface area contributed by atoms with E-state index in [1.54, 1.807) is 0 Å². The van der Waals surface area contributed by atoms with Crippen LogP contribution in [0.15, 0.2) is 22.7 Å². The number of rotatable bonds is 2. The van der Waals surface area contributed by atoms with E-state index in [2.05, 4.69) is 31.2 Å². The number of thiophene rings is 1. The average Bonchev–Trinajstić information content (AvgIpc) is 2.76. The van der Waals surface area contributed by atoms with Crippen molar-refractivity contribution in [2.75, 3.05) is 5.32 Å². The monoisotopic (exact) mass is 389 g/mol. The van der Waals surface area contributed by atoms with Crippen molar-refractivity contribution in [2.24, 2.45) is 0 Å². The molecule has 0 amide bonds. The SMILES string of the molecule is Cc1cc2c(Nc3cc(F)c(Br)cc3F)nc(Cl)nc2s1. The standard InChI is InChI=1S/C13H7BrClF2N3S/c1-5-2-6-11(19-13(15)20-12(6)21-5)18-10-4-8(16)7(14)3-9(10)17/h2-4H,1H3,(H,18,19,20). The third-order valence-corrected chi connectivity index (χ3v) is 4.47. The molecule has 0 radical (unpaired) electrons. The van der Waals surface area contributed by atoms with Gasteiger partial charge in [-0.3, -0.25) is 0 Å². The number of aromatic nitrogens is 2. The number of hydrogen-bond donors (Lipinski definition) is 1. The first-order valence-electron chi connectivity index (χ1n) is 5.79. The van der Waals surface area contributed by atoms with Crippen molar-refractivity contribution in [3.63, 3.8) is 0 Å². The molecular formula is C13H7BrClF2N3S. The van der Waals surface area contributed by atoms with Gasteiger partial charge in [0.1, 0.15) is 22.3 Å². The second-order valence-corrected chi connectivity index (χ2v) is 6.72. The van der Waals surface area contributed by atoms with Crippen molar-refractivity contribution in [2.45, 2.75) is 6.92 Å². The van der Waals surface area contributed by atoms with E-state index in [1.807, 2.05) is 13.0 Å². The van der Waals surface area contributed by atoms with E-state index in [0.717, 1.165) is 17.0 Å². The third kappa shape index (κ3) is 2.86. The second-order valence-electron chi connectivity index (χ2n) is 4.29. The Labute approximate surface area is 136 Å². The van der Waals surface area contributed by atoms with Crippen LogP contribution >= 0.6 is 38.9 Å². The Bertz CT molecular complexity index is 853. The number of nitrogens with one attached hydrogen (secondary N) is 1. The van der Waals surface area contributed by atoms with Gasteiger partial charge in [-0.25, -0.2) is 13.8 Å². The largest absolute Gasteiger partial charge is 0.337 e. The molecular weight excluding hydrogens is 384 g/mol. The van der Waals surface area contributed by atoms with E-state index in [-0.39, 0.29) is 15.4 Å². The number of nitrogens with zero attached hydrogens (tertiary/aromatic N) is 2. The Morgan fingerprint density at radius 2 is 1.95 bits per heavy atom. The lowest BCUT2D eigenvalue weighted by Gasteiger charge is -2.09. The fourth-order valence-electron chi connectivity index (χ4n) is 1.86. The summed E-state index contributed by atoms with van der Waals surface area (Å²) in [6.07, 6.45) is 0. The highest BCUT2D eigenvalue weighted by Crippen LogP contribution is 2.32. The predicted octanol–water partition coefficient (Wildman–Crippen LogP) is 5.44.